The number of rotatable bonds is 2. The second-order valence-electron chi connectivity index (χ2n) is 3.65. The van der Waals surface area contributed by atoms with Crippen molar-refractivity contribution in [2.75, 3.05) is 11.1 Å². The summed E-state index contributed by atoms with van der Waals surface area (Å²) >= 11 is 9.14. The number of nitrogens with one attached hydrogen (secondary N) is 1. The Bertz CT molecular complexity index is 586. The monoisotopic (exact) mass is 330 g/mol. The van der Waals surface area contributed by atoms with E-state index in [4.69, 9.17) is 17.3 Å². The van der Waals surface area contributed by atoms with Crippen LogP contribution in [0.1, 0.15) is 5.56 Å². The molecule has 0 fully saturated rings. The van der Waals surface area contributed by atoms with E-state index in [1.54, 1.807) is 19.1 Å². The van der Waals surface area contributed by atoms with Crippen LogP contribution in [0.2, 0.25) is 5.02 Å². The fourth-order valence-electron chi connectivity index (χ4n) is 1.36. The highest BCUT2D eigenvalue weighted by Crippen LogP contribution is 2.27. The first-order chi connectivity index (χ1) is 8.45. The Morgan fingerprint density at radius 1 is 1.33 bits per heavy atom. The maximum atomic E-state index is 13.3. The quantitative estimate of drug-likeness (QED) is 0.824. The molecule has 0 saturated heterocycles. The van der Waals surface area contributed by atoms with Gasteiger partial charge in [-0.15, -0.1) is 0 Å². The minimum atomic E-state index is -0.361. The van der Waals surface area contributed by atoms with Crippen molar-refractivity contribution in [3.63, 3.8) is 0 Å². The first kappa shape index (κ1) is 13.0. The second-order valence-corrected chi connectivity index (χ2v) is 4.87. The molecule has 1 aromatic carbocycles. The molecular weight excluding hydrogens is 323 g/mol. The number of halogens is 3. The third kappa shape index (κ3) is 2.88. The molecule has 0 amide bonds. The lowest BCUT2D eigenvalue weighted by atomic mass is 10.2. The molecule has 2 rings (SSSR count). The Labute approximate surface area is 117 Å². The van der Waals surface area contributed by atoms with Crippen molar-refractivity contribution in [2.45, 2.75) is 6.92 Å². The molecule has 0 aliphatic rings. The molecule has 0 aliphatic carbocycles. The lowest BCUT2D eigenvalue weighted by Crippen LogP contribution is -2.01. The van der Waals surface area contributed by atoms with Gasteiger partial charge in [0, 0.05) is 6.07 Å². The van der Waals surface area contributed by atoms with E-state index in [-0.39, 0.29) is 16.8 Å². The zero-order valence-corrected chi connectivity index (χ0v) is 11.7. The van der Waals surface area contributed by atoms with Gasteiger partial charge >= 0.3 is 0 Å². The number of nitrogens with two attached hydrogens (primary N) is 1. The first-order valence-electron chi connectivity index (χ1n) is 4.98. The van der Waals surface area contributed by atoms with Gasteiger partial charge in [0.2, 0.25) is 5.95 Å². The number of anilines is 3. The normalized spacial score (nSPS) is 10.4. The maximum absolute atomic E-state index is 13.3. The van der Waals surface area contributed by atoms with Crippen LogP contribution in [0.3, 0.4) is 0 Å². The molecule has 0 atom stereocenters. The number of hydrogen-bond acceptors (Lipinski definition) is 4. The number of nitrogen functional groups attached to an aromatic ring is 1. The molecule has 1 aromatic heterocycles. The third-order valence-electron chi connectivity index (χ3n) is 2.21. The van der Waals surface area contributed by atoms with Crippen LogP contribution in [-0.4, -0.2) is 9.97 Å². The first-order valence-corrected chi connectivity index (χ1v) is 6.15. The van der Waals surface area contributed by atoms with Crippen LogP contribution in [0.5, 0.6) is 0 Å². The average Bonchev–Trinajstić information content (AvgIpc) is 2.24. The molecule has 4 nitrogen and oxygen atoms in total. The molecule has 3 N–H and O–H groups in total. The summed E-state index contributed by atoms with van der Waals surface area (Å²) in [5.41, 5.74) is 6.59. The molecule has 0 radical (unpaired) electrons. The summed E-state index contributed by atoms with van der Waals surface area (Å²) in [5.74, 6) is 0.240. The second kappa shape index (κ2) is 5.07. The summed E-state index contributed by atoms with van der Waals surface area (Å²) in [6, 6.07) is 4.39. The number of hydrogen-bond donors (Lipinski definition) is 2. The maximum Gasteiger partial charge on any atom is 0.230 e. The average molecular weight is 332 g/mol. The van der Waals surface area contributed by atoms with Gasteiger partial charge in [0.05, 0.1) is 10.7 Å². The third-order valence-corrected chi connectivity index (χ3v) is 2.93. The fraction of sp³-hybridized carbons (Fsp3) is 0.0909. The highest BCUT2D eigenvalue weighted by atomic mass is 79.9. The molecule has 0 spiro atoms. The summed E-state index contributed by atoms with van der Waals surface area (Å²) in [5, 5.41) is 3.14. The van der Waals surface area contributed by atoms with Crippen LogP contribution in [0, 0.1) is 12.7 Å². The van der Waals surface area contributed by atoms with E-state index < -0.39 is 0 Å². The van der Waals surface area contributed by atoms with E-state index in [0.717, 1.165) is 0 Å². The summed E-state index contributed by atoms with van der Waals surface area (Å²) in [4.78, 5) is 8.08. The van der Waals surface area contributed by atoms with E-state index in [9.17, 15) is 4.39 Å². The van der Waals surface area contributed by atoms with Crippen LogP contribution < -0.4 is 11.1 Å². The van der Waals surface area contributed by atoms with Gasteiger partial charge in [-0.1, -0.05) is 11.6 Å². The minimum Gasteiger partial charge on any atom is -0.383 e. The number of aromatic nitrogens is 2. The van der Waals surface area contributed by atoms with Gasteiger partial charge in [0.25, 0.3) is 0 Å². The Balaban J connectivity index is 2.36. The van der Waals surface area contributed by atoms with Crippen molar-refractivity contribution in [3.05, 3.63) is 39.2 Å². The van der Waals surface area contributed by atoms with Gasteiger partial charge < -0.3 is 11.1 Å². The highest BCUT2D eigenvalue weighted by molar-refractivity contribution is 9.10. The van der Waals surface area contributed by atoms with Crippen molar-refractivity contribution >= 4 is 45.0 Å². The SMILES string of the molecule is Cc1cc(Nc2nc(N)cc(Br)n2)c(Cl)cc1F. The molecule has 7 heteroatoms. The van der Waals surface area contributed by atoms with Gasteiger partial charge in [-0.3, -0.25) is 0 Å². The van der Waals surface area contributed by atoms with Crippen molar-refractivity contribution in [2.24, 2.45) is 0 Å². The smallest absolute Gasteiger partial charge is 0.230 e. The Morgan fingerprint density at radius 2 is 2.06 bits per heavy atom. The van der Waals surface area contributed by atoms with Crippen molar-refractivity contribution < 1.29 is 4.39 Å². The number of benzene rings is 1. The Kier molecular flexibility index (Phi) is 3.68. The minimum absolute atomic E-state index is 0.250. The van der Waals surface area contributed by atoms with Gasteiger partial charge in [0.1, 0.15) is 16.2 Å². The van der Waals surface area contributed by atoms with Crippen molar-refractivity contribution in [1.82, 2.24) is 9.97 Å². The van der Waals surface area contributed by atoms with Gasteiger partial charge in [-0.05, 0) is 40.5 Å². The summed E-state index contributed by atoms with van der Waals surface area (Å²) in [7, 11) is 0. The van der Waals surface area contributed by atoms with E-state index in [1.165, 1.54) is 6.07 Å². The molecule has 0 aliphatic heterocycles. The van der Waals surface area contributed by atoms with Crippen LogP contribution in [0.25, 0.3) is 0 Å². The van der Waals surface area contributed by atoms with Crippen LogP contribution >= 0.6 is 27.5 Å². The van der Waals surface area contributed by atoms with Gasteiger partial charge in [0.15, 0.2) is 0 Å². The molecule has 0 unspecified atom stereocenters. The number of nitrogens with zero attached hydrogens (tertiary/aromatic N) is 2. The number of aryl methyl sites for hydroxylation is 1. The Morgan fingerprint density at radius 3 is 2.72 bits per heavy atom. The molecule has 0 bridgehead atoms. The molecule has 18 heavy (non-hydrogen) atoms. The largest absolute Gasteiger partial charge is 0.383 e. The molecule has 1 heterocycles. The molecule has 2 aromatic rings. The van der Waals surface area contributed by atoms with Crippen LogP contribution in [0.4, 0.5) is 21.8 Å². The van der Waals surface area contributed by atoms with E-state index >= 15 is 0 Å². The van der Waals surface area contributed by atoms with Gasteiger partial charge in [-0.2, -0.15) is 4.98 Å². The lowest BCUT2D eigenvalue weighted by Gasteiger charge is -2.09. The Hall–Kier alpha value is -1.40. The zero-order chi connectivity index (χ0) is 13.3. The van der Waals surface area contributed by atoms with E-state index in [2.05, 4.69) is 31.2 Å². The summed E-state index contributed by atoms with van der Waals surface area (Å²) in [6.45, 7) is 1.65. The van der Waals surface area contributed by atoms with E-state index in [1.807, 2.05) is 0 Å². The zero-order valence-electron chi connectivity index (χ0n) is 9.34. The van der Waals surface area contributed by atoms with E-state index in [0.29, 0.717) is 21.7 Å². The summed E-state index contributed by atoms with van der Waals surface area (Å²) in [6.07, 6.45) is 0. The molecular formula is C11H9BrClFN4. The van der Waals surface area contributed by atoms with Gasteiger partial charge in [-0.25, -0.2) is 9.37 Å². The molecule has 0 saturated carbocycles. The molecule has 94 valence electrons. The van der Waals surface area contributed by atoms with Crippen LogP contribution in [-0.2, 0) is 0 Å². The standard InChI is InChI=1S/C11H9BrClFN4/c1-5-2-8(6(13)3-7(5)14)16-11-17-9(12)4-10(15)18-11/h2-4H,1H3,(H3,15,16,17,18). The predicted molar refractivity (Wildman–Crippen MR) is 73.6 cm³/mol. The topological polar surface area (TPSA) is 63.8 Å². The lowest BCUT2D eigenvalue weighted by molar-refractivity contribution is 0.619. The highest BCUT2D eigenvalue weighted by Gasteiger charge is 2.08. The van der Waals surface area contributed by atoms with Crippen molar-refractivity contribution in [1.29, 1.82) is 0 Å². The predicted octanol–water partition coefficient (Wildman–Crippen LogP) is 3.67. The van der Waals surface area contributed by atoms with Crippen LogP contribution in [0.15, 0.2) is 22.8 Å². The summed E-state index contributed by atoms with van der Waals surface area (Å²) < 4.78 is 13.8. The van der Waals surface area contributed by atoms with Crippen molar-refractivity contribution in [3.8, 4) is 0 Å². The fourth-order valence-corrected chi connectivity index (χ4v) is 1.96.